The number of ether oxygens (including phenoxy) is 1. The van der Waals surface area contributed by atoms with E-state index in [1.54, 1.807) is 0 Å². The maximum absolute atomic E-state index is 12.2. The molecule has 1 atom stereocenters. The molecule has 112 valence electrons. The topological polar surface area (TPSA) is 107 Å². The molecule has 0 saturated carbocycles. The largest absolute Gasteiger partial charge is 0.435 e. The lowest BCUT2D eigenvalue weighted by molar-refractivity contribution is -0.124. The molecule has 0 aliphatic rings. The second-order valence-corrected chi connectivity index (χ2v) is 6.07. The third kappa shape index (κ3) is 5.10. The van der Waals surface area contributed by atoms with Crippen LogP contribution in [0.1, 0.15) is 5.56 Å². The van der Waals surface area contributed by atoms with E-state index in [9.17, 15) is 22.0 Å². The monoisotopic (exact) mass is 309 g/mol. The number of alkyl halides is 2. The molecule has 0 aromatic heterocycles. The molecule has 1 aromatic rings. The first-order chi connectivity index (χ1) is 9.21. The summed E-state index contributed by atoms with van der Waals surface area (Å²) in [5.41, 5.74) is 4.76. The summed E-state index contributed by atoms with van der Waals surface area (Å²) in [6.45, 7) is -3.09. The lowest BCUT2D eigenvalue weighted by Crippen LogP contribution is -2.35. The summed E-state index contributed by atoms with van der Waals surface area (Å²) in [4.78, 5) is 10.6. The van der Waals surface area contributed by atoms with Gasteiger partial charge in [-0.3, -0.25) is 4.79 Å². The molecule has 1 rings (SSSR count). The number of carbonyl (C=O) groups excluding carboxylic acids is 1. The number of hydrogen-bond acceptors (Lipinski definition) is 5. The molecule has 6 nitrogen and oxygen atoms in total. The van der Waals surface area contributed by atoms with Crippen molar-refractivity contribution in [3.8, 4) is 5.75 Å². The summed E-state index contributed by atoms with van der Waals surface area (Å²) in [6.07, 6.45) is -1.84. The van der Waals surface area contributed by atoms with Gasteiger partial charge in [0, 0.05) is 5.56 Å². The van der Waals surface area contributed by atoms with Gasteiger partial charge >= 0.3 is 6.61 Å². The number of halogens is 2. The highest BCUT2D eigenvalue weighted by atomic mass is 32.2. The van der Waals surface area contributed by atoms with Crippen molar-refractivity contribution in [3.05, 3.63) is 29.8 Å². The summed E-state index contributed by atoms with van der Waals surface area (Å²) in [7, 11) is -3.91. The van der Waals surface area contributed by atoms with Crippen molar-refractivity contribution in [2.75, 3.05) is 5.75 Å². The number of amides is 1. The maximum atomic E-state index is 12.2. The number of carbonyl (C=O) groups is 1. The highest BCUT2D eigenvalue weighted by molar-refractivity contribution is 7.90. The molecular formula is C11H13F2NO5S. The van der Waals surface area contributed by atoms with Gasteiger partial charge in [-0.2, -0.15) is 8.78 Å². The first kappa shape index (κ1) is 16.3. The number of benzene rings is 1. The van der Waals surface area contributed by atoms with Crippen LogP contribution in [0.4, 0.5) is 8.78 Å². The van der Waals surface area contributed by atoms with E-state index in [0.717, 1.165) is 0 Å². The lowest BCUT2D eigenvalue weighted by atomic mass is 10.2. The van der Waals surface area contributed by atoms with Gasteiger partial charge in [-0.05, 0) is 6.07 Å². The van der Waals surface area contributed by atoms with Crippen LogP contribution in [0, 0.1) is 0 Å². The molecule has 0 aliphatic heterocycles. The number of hydrogen-bond donors (Lipinski definition) is 2. The zero-order valence-electron chi connectivity index (χ0n) is 10.2. The Hall–Kier alpha value is -1.74. The Labute approximate surface area is 114 Å². The fourth-order valence-electron chi connectivity index (χ4n) is 1.45. The third-order valence-corrected chi connectivity index (χ3v) is 3.88. The van der Waals surface area contributed by atoms with Crippen LogP contribution in [0.3, 0.4) is 0 Å². The number of aliphatic hydroxyl groups is 1. The molecule has 20 heavy (non-hydrogen) atoms. The fraction of sp³-hybridized carbons (Fsp3) is 0.364. The SMILES string of the molecule is NC(=O)[C@@H](O)CS(=O)(=O)Cc1ccccc1OC(F)F. The van der Waals surface area contributed by atoms with Gasteiger partial charge in [0.1, 0.15) is 11.9 Å². The Bertz CT molecular complexity index is 576. The van der Waals surface area contributed by atoms with Crippen LogP contribution < -0.4 is 10.5 Å². The smallest absolute Gasteiger partial charge is 0.387 e. The van der Waals surface area contributed by atoms with Crippen LogP contribution in [0.2, 0.25) is 0 Å². The Balaban J connectivity index is 2.89. The molecule has 1 aromatic carbocycles. The fourth-order valence-corrected chi connectivity index (χ4v) is 2.93. The number of primary amides is 1. The Kier molecular flexibility index (Phi) is 5.40. The van der Waals surface area contributed by atoms with E-state index in [0.29, 0.717) is 0 Å². The number of nitrogens with two attached hydrogens (primary N) is 1. The van der Waals surface area contributed by atoms with Crippen molar-refractivity contribution in [2.45, 2.75) is 18.5 Å². The normalized spacial score (nSPS) is 13.2. The number of rotatable bonds is 7. The minimum atomic E-state index is -3.91. The first-order valence-electron chi connectivity index (χ1n) is 5.42. The average molecular weight is 309 g/mol. The molecule has 9 heteroatoms. The standard InChI is InChI=1S/C11H13F2NO5S/c12-11(13)19-9-4-2-1-3-7(9)5-20(17,18)6-8(15)10(14)16/h1-4,8,11,15H,5-6H2,(H2,14,16)/t8-/m0/s1. The van der Waals surface area contributed by atoms with E-state index < -0.39 is 40.0 Å². The molecule has 0 spiro atoms. The van der Waals surface area contributed by atoms with Crippen molar-refractivity contribution < 1.29 is 31.8 Å². The Morgan fingerprint density at radius 1 is 1.35 bits per heavy atom. The van der Waals surface area contributed by atoms with Gasteiger partial charge in [0.15, 0.2) is 9.84 Å². The molecule has 1 amide bonds. The quantitative estimate of drug-likeness (QED) is 0.740. The van der Waals surface area contributed by atoms with Crippen molar-refractivity contribution in [3.63, 3.8) is 0 Å². The number of para-hydroxylation sites is 1. The number of aliphatic hydroxyl groups excluding tert-OH is 1. The summed E-state index contributed by atoms with van der Waals surface area (Å²) in [5, 5.41) is 9.15. The second-order valence-electron chi connectivity index (χ2n) is 3.96. The van der Waals surface area contributed by atoms with E-state index in [4.69, 9.17) is 10.8 Å². The summed E-state index contributed by atoms with van der Waals surface area (Å²) >= 11 is 0. The minimum Gasteiger partial charge on any atom is -0.435 e. The van der Waals surface area contributed by atoms with Crippen molar-refractivity contribution in [1.82, 2.24) is 0 Å². The molecule has 3 N–H and O–H groups in total. The molecule has 0 saturated heterocycles. The molecule has 0 radical (unpaired) electrons. The molecule has 0 fully saturated rings. The predicted octanol–water partition coefficient (Wildman–Crippen LogP) is 0.0490. The zero-order chi connectivity index (χ0) is 15.3. The van der Waals surface area contributed by atoms with Gasteiger partial charge < -0.3 is 15.6 Å². The van der Waals surface area contributed by atoms with Gasteiger partial charge in [-0.25, -0.2) is 8.42 Å². The Morgan fingerprint density at radius 2 is 1.95 bits per heavy atom. The second kappa shape index (κ2) is 6.62. The third-order valence-electron chi connectivity index (χ3n) is 2.30. The Morgan fingerprint density at radius 3 is 2.50 bits per heavy atom. The van der Waals surface area contributed by atoms with Crippen molar-refractivity contribution in [2.24, 2.45) is 5.73 Å². The molecule has 0 heterocycles. The molecule has 0 unspecified atom stereocenters. The van der Waals surface area contributed by atoms with E-state index in [-0.39, 0.29) is 11.3 Å². The van der Waals surface area contributed by atoms with Gasteiger partial charge in [0.05, 0.1) is 11.5 Å². The first-order valence-corrected chi connectivity index (χ1v) is 7.24. The van der Waals surface area contributed by atoms with E-state index in [1.807, 2.05) is 0 Å². The predicted molar refractivity (Wildman–Crippen MR) is 65.8 cm³/mol. The van der Waals surface area contributed by atoms with Crippen LogP contribution in [0.15, 0.2) is 24.3 Å². The lowest BCUT2D eigenvalue weighted by Gasteiger charge is -2.12. The van der Waals surface area contributed by atoms with Crippen molar-refractivity contribution >= 4 is 15.7 Å². The highest BCUT2D eigenvalue weighted by Gasteiger charge is 2.23. The van der Waals surface area contributed by atoms with Crippen molar-refractivity contribution in [1.29, 1.82) is 0 Å². The van der Waals surface area contributed by atoms with Crippen LogP contribution >= 0.6 is 0 Å². The minimum absolute atomic E-state index is 0.00414. The van der Waals surface area contributed by atoms with Gasteiger partial charge in [0.2, 0.25) is 5.91 Å². The van der Waals surface area contributed by atoms with E-state index in [2.05, 4.69) is 4.74 Å². The van der Waals surface area contributed by atoms with Gasteiger partial charge in [-0.15, -0.1) is 0 Å². The van der Waals surface area contributed by atoms with Crippen LogP contribution in [0.5, 0.6) is 5.75 Å². The highest BCUT2D eigenvalue weighted by Crippen LogP contribution is 2.22. The van der Waals surface area contributed by atoms with Crippen LogP contribution in [-0.2, 0) is 20.4 Å². The maximum Gasteiger partial charge on any atom is 0.387 e. The van der Waals surface area contributed by atoms with Gasteiger partial charge in [-0.1, -0.05) is 18.2 Å². The van der Waals surface area contributed by atoms with Gasteiger partial charge in [0.25, 0.3) is 0 Å². The molecular weight excluding hydrogens is 296 g/mol. The van der Waals surface area contributed by atoms with Crippen LogP contribution in [-0.4, -0.2) is 37.9 Å². The summed E-state index contributed by atoms with van der Waals surface area (Å²) in [6, 6.07) is 5.35. The summed E-state index contributed by atoms with van der Waals surface area (Å²) < 4.78 is 52.0. The zero-order valence-corrected chi connectivity index (χ0v) is 11.0. The number of sulfone groups is 1. The van der Waals surface area contributed by atoms with E-state index >= 15 is 0 Å². The van der Waals surface area contributed by atoms with E-state index in [1.165, 1.54) is 24.3 Å². The molecule has 0 bridgehead atoms. The summed E-state index contributed by atoms with van der Waals surface area (Å²) in [5.74, 6) is -2.99. The van der Waals surface area contributed by atoms with Crippen LogP contribution in [0.25, 0.3) is 0 Å². The average Bonchev–Trinajstić information content (AvgIpc) is 2.29. The molecule has 0 aliphatic carbocycles.